The molecule has 33 heavy (non-hydrogen) atoms. The van der Waals surface area contributed by atoms with Crippen molar-refractivity contribution in [3.05, 3.63) is 59.2 Å². The number of anilines is 1. The lowest BCUT2D eigenvalue weighted by Gasteiger charge is -2.33. The first kappa shape index (κ1) is 17.5. The number of carboxylic acid groups (broad SMARTS) is 1. The number of para-hydroxylation sites is 1. The minimum Gasteiger partial charge on any atom is -0.493 e. The Hall–Kier alpha value is -3.02. The van der Waals surface area contributed by atoms with Crippen molar-refractivity contribution in [2.75, 3.05) is 24.5 Å². The van der Waals surface area contributed by atoms with E-state index in [1.807, 2.05) is 13.8 Å². The molecule has 1 aliphatic heterocycles. The molecule has 0 radical (unpaired) electrons. The molecule has 1 saturated heterocycles. The normalized spacial score (nSPS) is 20.9. The summed E-state index contributed by atoms with van der Waals surface area (Å²) in [6.07, 6.45) is -1.46. The molecule has 6 heteroatoms. The van der Waals surface area contributed by atoms with Crippen LogP contribution in [0.2, 0.25) is 0 Å². The largest absolute Gasteiger partial charge is 0.493 e. The number of nitrogens with one attached hydrogen (secondary N) is 1. The van der Waals surface area contributed by atoms with E-state index < -0.39 is 37.3 Å². The molecule has 1 fully saturated rings. The number of aromatic carboxylic acids is 1. The zero-order valence-electron chi connectivity index (χ0n) is 25.4. The summed E-state index contributed by atoms with van der Waals surface area (Å²) >= 11 is 0. The van der Waals surface area contributed by atoms with Crippen LogP contribution in [0.25, 0.3) is 0 Å². The van der Waals surface area contributed by atoms with E-state index in [0.717, 1.165) is 4.90 Å². The lowest BCUT2D eigenvalue weighted by atomic mass is 9.94. The second-order valence-corrected chi connectivity index (χ2v) is 8.29. The predicted molar refractivity (Wildman–Crippen MR) is 131 cm³/mol. The van der Waals surface area contributed by atoms with Gasteiger partial charge in [0.25, 0.3) is 0 Å². The topological polar surface area (TPSA) is 78.9 Å². The third-order valence-electron chi connectivity index (χ3n) is 5.23. The van der Waals surface area contributed by atoms with Gasteiger partial charge in [0.1, 0.15) is 11.3 Å². The van der Waals surface area contributed by atoms with Crippen molar-refractivity contribution in [2.24, 2.45) is 5.92 Å². The smallest absolute Gasteiger partial charge is 0.339 e. The van der Waals surface area contributed by atoms with Crippen LogP contribution in [-0.2, 0) is 11.2 Å². The Kier molecular flexibility index (Phi) is 6.20. The second-order valence-electron chi connectivity index (χ2n) is 8.29. The van der Waals surface area contributed by atoms with Gasteiger partial charge in [-0.25, -0.2) is 4.79 Å². The van der Waals surface area contributed by atoms with E-state index in [0.29, 0.717) is 24.1 Å². The summed E-state index contributed by atoms with van der Waals surface area (Å²) in [6, 6.07) is 9.66. The van der Waals surface area contributed by atoms with E-state index in [1.165, 1.54) is 18.2 Å². The van der Waals surface area contributed by atoms with Crippen LogP contribution in [0.5, 0.6) is 5.75 Å². The van der Waals surface area contributed by atoms with Crippen LogP contribution in [0, 0.1) is 5.92 Å². The lowest BCUT2D eigenvalue weighted by Crippen LogP contribution is -2.34. The average molecular weight is 459 g/mol. The highest BCUT2D eigenvalue weighted by Gasteiger charge is 2.23. The fraction of sp³-hybridized carbons (Fsp3) is 0.481. The summed E-state index contributed by atoms with van der Waals surface area (Å²) in [4.78, 5) is 26.1. The summed E-state index contributed by atoms with van der Waals surface area (Å²) in [5.74, 6) is -2.18. The molecule has 0 saturated carbocycles. The van der Waals surface area contributed by atoms with Crippen LogP contribution in [-0.4, -0.2) is 36.6 Å². The van der Waals surface area contributed by atoms with Crippen LogP contribution in [0.1, 0.15) is 82.2 Å². The van der Waals surface area contributed by atoms with Crippen molar-refractivity contribution in [1.82, 2.24) is 5.32 Å². The maximum Gasteiger partial charge on any atom is 0.339 e. The molecule has 1 aliphatic rings. The first-order chi connectivity index (χ1) is 18.1. The zero-order chi connectivity index (χ0) is 29.2. The highest BCUT2D eigenvalue weighted by Crippen LogP contribution is 2.32. The quantitative estimate of drug-likeness (QED) is 0.510. The van der Waals surface area contributed by atoms with Crippen LogP contribution in [0.4, 0.5) is 5.69 Å². The average Bonchev–Trinajstić information content (AvgIpc) is 2.82. The molecule has 0 aliphatic carbocycles. The van der Waals surface area contributed by atoms with Gasteiger partial charge in [-0.1, -0.05) is 38.1 Å². The van der Waals surface area contributed by atoms with Gasteiger partial charge < -0.3 is 20.1 Å². The van der Waals surface area contributed by atoms with Crippen LogP contribution in [0.15, 0.2) is 42.5 Å². The van der Waals surface area contributed by atoms with Gasteiger partial charge in [-0.3, -0.25) is 4.79 Å². The first-order valence-electron chi connectivity index (χ1n) is 14.3. The highest BCUT2D eigenvalue weighted by molar-refractivity contribution is 5.91. The summed E-state index contributed by atoms with van der Waals surface area (Å²) in [5, 5.41) is 12.2. The standard InChI is InChI=1S/C27H36N2O4/c1-4-33-25-17-20(12-13-22(25)27(31)32)18-26(30)28-23(16-19(2)3)21-10-6-7-11-24(21)29-14-8-5-9-15-29/h6-7,10-13,17,19,23H,4-5,8-9,14-16,18H2,1-3H3,(H,28,30)(H,31,32)/t23-/m0/s1/i14D2,15D2,18D2. The summed E-state index contributed by atoms with van der Waals surface area (Å²) < 4.78 is 56.9. The summed E-state index contributed by atoms with van der Waals surface area (Å²) in [7, 11) is 0. The number of piperidine rings is 1. The molecule has 2 N–H and O–H groups in total. The molecule has 0 spiro atoms. The zero-order valence-corrected chi connectivity index (χ0v) is 19.4. The van der Waals surface area contributed by atoms with E-state index in [1.54, 1.807) is 31.2 Å². The second kappa shape index (κ2) is 11.7. The number of nitrogens with zero attached hydrogens (tertiary/aromatic N) is 1. The Balaban J connectivity index is 2.02. The number of carbonyl (C=O) groups excluding carboxylic acids is 1. The van der Waals surface area contributed by atoms with Crippen LogP contribution < -0.4 is 15.0 Å². The molecule has 1 amide bonds. The molecule has 0 aromatic heterocycles. The van der Waals surface area contributed by atoms with Crippen molar-refractivity contribution in [3.8, 4) is 5.75 Å². The van der Waals surface area contributed by atoms with Crippen molar-refractivity contribution < 1.29 is 27.7 Å². The van der Waals surface area contributed by atoms with Gasteiger partial charge in [0, 0.05) is 26.9 Å². The maximum atomic E-state index is 13.5. The molecule has 2 aromatic rings. The fourth-order valence-electron chi connectivity index (χ4n) is 3.79. The number of carboxylic acids is 1. The van der Waals surface area contributed by atoms with Crippen LogP contribution >= 0.6 is 0 Å². The number of benzene rings is 2. The Bertz CT molecular complexity index is 1190. The molecular weight excluding hydrogens is 416 g/mol. The number of rotatable bonds is 10. The van der Waals surface area contributed by atoms with Gasteiger partial charge in [0.2, 0.25) is 5.91 Å². The molecule has 0 bridgehead atoms. The van der Waals surface area contributed by atoms with Crippen molar-refractivity contribution in [1.29, 1.82) is 0 Å². The number of hydrogen-bond acceptors (Lipinski definition) is 4. The SMILES string of the molecule is [2H]C([2H])(C(=O)N[C@@H](CC(C)C)c1ccccc1N1C([2H])([2H])CCCC1([2H])[2H])c1ccc(C(=O)O)c(OCC)c1. The third-order valence-corrected chi connectivity index (χ3v) is 5.23. The molecule has 2 aromatic carbocycles. The van der Waals surface area contributed by atoms with Crippen LogP contribution in [0.3, 0.4) is 0 Å². The number of ether oxygens (including phenoxy) is 1. The first-order valence-corrected chi connectivity index (χ1v) is 11.3. The summed E-state index contributed by atoms with van der Waals surface area (Å²) in [5.41, 5.74) is 0.576. The molecule has 1 heterocycles. The van der Waals surface area contributed by atoms with E-state index in [2.05, 4.69) is 5.32 Å². The van der Waals surface area contributed by atoms with Gasteiger partial charge in [-0.2, -0.15) is 0 Å². The molecular formula is C27H36N2O4. The summed E-state index contributed by atoms with van der Waals surface area (Å²) in [6.45, 7) is 1.79. The fourth-order valence-corrected chi connectivity index (χ4v) is 3.79. The molecule has 6 nitrogen and oxygen atoms in total. The van der Waals surface area contributed by atoms with E-state index in [-0.39, 0.29) is 42.2 Å². The van der Waals surface area contributed by atoms with E-state index >= 15 is 0 Å². The van der Waals surface area contributed by atoms with Gasteiger partial charge in [0.05, 0.1) is 19.0 Å². The Morgan fingerprint density at radius 1 is 1.18 bits per heavy atom. The Labute approximate surface area is 205 Å². The molecule has 3 rings (SSSR count). The van der Waals surface area contributed by atoms with E-state index in [4.69, 9.17) is 13.0 Å². The van der Waals surface area contributed by atoms with Gasteiger partial charge in [0.15, 0.2) is 0 Å². The predicted octanol–water partition coefficient (Wildman–Crippen LogP) is 5.22. The number of amides is 1. The minimum absolute atomic E-state index is 0.0437. The molecule has 1 atom stereocenters. The van der Waals surface area contributed by atoms with Crippen molar-refractivity contribution in [3.63, 3.8) is 0 Å². The molecule has 178 valence electrons. The van der Waals surface area contributed by atoms with Gasteiger partial charge in [-0.15, -0.1) is 0 Å². The number of hydrogen-bond donors (Lipinski definition) is 2. The van der Waals surface area contributed by atoms with Gasteiger partial charge >= 0.3 is 5.97 Å². The van der Waals surface area contributed by atoms with Crippen molar-refractivity contribution >= 4 is 17.6 Å². The third kappa shape index (κ3) is 6.73. The molecule has 0 unspecified atom stereocenters. The highest BCUT2D eigenvalue weighted by atomic mass is 16.5. The number of carbonyl (C=O) groups is 2. The Morgan fingerprint density at radius 3 is 2.58 bits per heavy atom. The maximum absolute atomic E-state index is 13.5. The van der Waals surface area contributed by atoms with Gasteiger partial charge in [-0.05, 0) is 67.9 Å². The van der Waals surface area contributed by atoms with E-state index in [9.17, 15) is 14.7 Å². The lowest BCUT2D eigenvalue weighted by molar-refractivity contribution is -0.121. The van der Waals surface area contributed by atoms with Crippen molar-refractivity contribution in [2.45, 2.75) is 58.9 Å². The minimum atomic E-state index is -2.55. The monoisotopic (exact) mass is 458 g/mol. The Morgan fingerprint density at radius 2 is 1.91 bits per heavy atom.